The van der Waals surface area contributed by atoms with Gasteiger partial charge in [-0.2, -0.15) is 0 Å². The average Bonchev–Trinajstić information content (AvgIpc) is 2.36. The number of hydrogen-bond donors (Lipinski definition) is 1. The molecule has 1 fully saturated rings. The maximum Gasteiger partial charge on any atom is 0.160 e. The summed E-state index contributed by atoms with van der Waals surface area (Å²) >= 11 is 0. The van der Waals surface area contributed by atoms with Crippen LogP contribution in [0.1, 0.15) is 26.3 Å². The van der Waals surface area contributed by atoms with Crippen molar-refractivity contribution >= 4 is 0 Å². The zero-order valence-corrected chi connectivity index (χ0v) is 13.1. The van der Waals surface area contributed by atoms with E-state index in [0.29, 0.717) is 0 Å². The van der Waals surface area contributed by atoms with E-state index in [9.17, 15) is 0 Å². The molecule has 1 saturated heterocycles. The Balaban J connectivity index is 2.17. The molecule has 0 saturated carbocycles. The normalized spacial score (nSPS) is 25.2. The van der Waals surface area contributed by atoms with Gasteiger partial charge < -0.3 is 19.5 Å². The largest absolute Gasteiger partial charge is 0.493 e. The Hall–Kier alpha value is -1.26. The molecular formula is C16H25NO3. The van der Waals surface area contributed by atoms with Gasteiger partial charge in [0.2, 0.25) is 0 Å². The van der Waals surface area contributed by atoms with Gasteiger partial charge in [-0.05, 0) is 38.5 Å². The third-order valence-corrected chi connectivity index (χ3v) is 3.60. The molecule has 1 unspecified atom stereocenters. The van der Waals surface area contributed by atoms with Crippen molar-refractivity contribution in [3.8, 4) is 11.5 Å². The Kier molecular flexibility index (Phi) is 4.25. The van der Waals surface area contributed by atoms with Crippen LogP contribution in [0.25, 0.3) is 0 Å². The van der Waals surface area contributed by atoms with Crippen molar-refractivity contribution in [2.45, 2.75) is 38.4 Å². The van der Waals surface area contributed by atoms with E-state index in [-0.39, 0.29) is 11.2 Å². The zero-order chi connectivity index (χ0) is 14.8. The summed E-state index contributed by atoms with van der Waals surface area (Å²) in [4.78, 5) is 0. The fraction of sp³-hybridized carbons (Fsp3) is 0.625. The summed E-state index contributed by atoms with van der Waals surface area (Å²) < 4.78 is 16.9. The van der Waals surface area contributed by atoms with Crippen LogP contribution in [-0.2, 0) is 11.2 Å². The fourth-order valence-corrected chi connectivity index (χ4v) is 2.89. The number of benzene rings is 1. The third-order valence-electron chi connectivity index (χ3n) is 3.60. The molecule has 2 rings (SSSR count). The van der Waals surface area contributed by atoms with Crippen LogP contribution in [0.15, 0.2) is 18.2 Å². The second kappa shape index (κ2) is 5.62. The first-order valence-corrected chi connectivity index (χ1v) is 6.99. The van der Waals surface area contributed by atoms with Crippen LogP contribution >= 0.6 is 0 Å². The highest BCUT2D eigenvalue weighted by Crippen LogP contribution is 2.32. The minimum Gasteiger partial charge on any atom is -0.493 e. The SMILES string of the molecule is COc1ccc(CC2(C)CNCC(C)(C)O2)cc1OC. The lowest BCUT2D eigenvalue weighted by molar-refractivity contribution is -0.151. The molecule has 1 atom stereocenters. The minimum absolute atomic E-state index is 0.135. The van der Waals surface area contributed by atoms with Crippen molar-refractivity contribution in [3.05, 3.63) is 23.8 Å². The van der Waals surface area contributed by atoms with Gasteiger partial charge in [0, 0.05) is 19.5 Å². The number of nitrogens with one attached hydrogen (secondary N) is 1. The van der Waals surface area contributed by atoms with Gasteiger partial charge in [-0.1, -0.05) is 6.07 Å². The maximum atomic E-state index is 6.26. The first-order chi connectivity index (χ1) is 9.37. The number of hydrogen-bond acceptors (Lipinski definition) is 4. The molecule has 20 heavy (non-hydrogen) atoms. The Morgan fingerprint density at radius 3 is 2.40 bits per heavy atom. The molecule has 1 heterocycles. The number of methoxy groups -OCH3 is 2. The summed E-state index contributed by atoms with van der Waals surface area (Å²) in [7, 11) is 3.31. The first-order valence-electron chi connectivity index (χ1n) is 6.99. The maximum absolute atomic E-state index is 6.26. The summed E-state index contributed by atoms with van der Waals surface area (Å²) in [5.74, 6) is 1.51. The summed E-state index contributed by atoms with van der Waals surface area (Å²) in [6.07, 6.45) is 0.837. The lowest BCUT2D eigenvalue weighted by Gasteiger charge is -2.44. The predicted octanol–water partition coefficient (Wildman–Crippen LogP) is 2.40. The third kappa shape index (κ3) is 3.44. The molecule has 0 amide bonds. The van der Waals surface area contributed by atoms with Crippen molar-refractivity contribution < 1.29 is 14.2 Å². The van der Waals surface area contributed by atoms with Gasteiger partial charge in [-0.15, -0.1) is 0 Å². The molecule has 1 aliphatic heterocycles. The summed E-state index contributed by atoms with van der Waals surface area (Å²) in [5, 5.41) is 3.46. The number of morpholine rings is 1. The van der Waals surface area contributed by atoms with Gasteiger partial charge in [0.1, 0.15) is 0 Å². The lowest BCUT2D eigenvalue weighted by Crippen LogP contribution is -2.57. The first kappa shape index (κ1) is 15.1. The van der Waals surface area contributed by atoms with Crippen LogP contribution in [0.3, 0.4) is 0 Å². The lowest BCUT2D eigenvalue weighted by atomic mass is 9.92. The Morgan fingerprint density at radius 2 is 1.80 bits per heavy atom. The highest BCUT2D eigenvalue weighted by atomic mass is 16.5. The van der Waals surface area contributed by atoms with Crippen LogP contribution in [0.4, 0.5) is 0 Å². The standard InChI is InChI=1S/C16H25NO3/c1-15(2)10-17-11-16(3,20-15)9-12-6-7-13(18-4)14(8-12)19-5/h6-8,17H,9-11H2,1-5H3. The molecule has 1 N–H and O–H groups in total. The molecule has 4 heteroatoms. The van der Waals surface area contributed by atoms with Crippen molar-refractivity contribution in [3.63, 3.8) is 0 Å². The summed E-state index contributed by atoms with van der Waals surface area (Å²) in [6, 6.07) is 6.03. The number of rotatable bonds is 4. The van der Waals surface area contributed by atoms with Crippen molar-refractivity contribution in [1.82, 2.24) is 5.32 Å². The molecule has 0 spiro atoms. The van der Waals surface area contributed by atoms with Gasteiger partial charge >= 0.3 is 0 Å². The summed E-state index contributed by atoms with van der Waals surface area (Å²) in [5.41, 5.74) is 0.843. The van der Waals surface area contributed by atoms with E-state index < -0.39 is 0 Å². The van der Waals surface area contributed by atoms with Crippen molar-refractivity contribution in [2.24, 2.45) is 0 Å². The van der Waals surface area contributed by atoms with E-state index in [1.54, 1.807) is 14.2 Å². The molecule has 0 aromatic heterocycles. The molecule has 0 radical (unpaired) electrons. The average molecular weight is 279 g/mol. The molecular weight excluding hydrogens is 254 g/mol. The van der Waals surface area contributed by atoms with Crippen LogP contribution < -0.4 is 14.8 Å². The Labute approximate surface area is 121 Å². The van der Waals surface area contributed by atoms with Crippen molar-refractivity contribution in [1.29, 1.82) is 0 Å². The Morgan fingerprint density at radius 1 is 1.10 bits per heavy atom. The van der Waals surface area contributed by atoms with Crippen molar-refractivity contribution in [2.75, 3.05) is 27.3 Å². The minimum atomic E-state index is -0.207. The van der Waals surface area contributed by atoms with Gasteiger partial charge in [0.15, 0.2) is 11.5 Å². The van der Waals surface area contributed by atoms with Crippen LogP contribution in [0.2, 0.25) is 0 Å². The molecule has 4 nitrogen and oxygen atoms in total. The highest BCUT2D eigenvalue weighted by Gasteiger charge is 2.37. The molecule has 1 aliphatic rings. The molecule has 112 valence electrons. The van der Waals surface area contributed by atoms with Gasteiger partial charge in [0.05, 0.1) is 25.4 Å². The van der Waals surface area contributed by atoms with Crippen LogP contribution in [0.5, 0.6) is 11.5 Å². The van der Waals surface area contributed by atoms with Gasteiger partial charge in [-0.25, -0.2) is 0 Å². The molecule has 1 aromatic carbocycles. The second-order valence-corrected chi connectivity index (χ2v) is 6.28. The van der Waals surface area contributed by atoms with Crippen LogP contribution in [-0.4, -0.2) is 38.5 Å². The zero-order valence-electron chi connectivity index (χ0n) is 13.1. The van der Waals surface area contributed by atoms with Crippen LogP contribution in [0, 0.1) is 0 Å². The molecule has 0 bridgehead atoms. The van der Waals surface area contributed by atoms with E-state index >= 15 is 0 Å². The second-order valence-electron chi connectivity index (χ2n) is 6.28. The molecule has 1 aromatic rings. The van der Waals surface area contributed by atoms with E-state index in [4.69, 9.17) is 14.2 Å². The summed E-state index contributed by atoms with van der Waals surface area (Å²) in [6.45, 7) is 8.12. The van der Waals surface area contributed by atoms with Gasteiger partial charge in [-0.3, -0.25) is 0 Å². The predicted molar refractivity (Wildman–Crippen MR) is 79.7 cm³/mol. The smallest absolute Gasteiger partial charge is 0.160 e. The quantitative estimate of drug-likeness (QED) is 0.918. The topological polar surface area (TPSA) is 39.7 Å². The monoisotopic (exact) mass is 279 g/mol. The van der Waals surface area contributed by atoms with E-state index in [0.717, 1.165) is 31.0 Å². The number of ether oxygens (including phenoxy) is 3. The van der Waals surface area contributed by atoms with Gasteiger partial charge in [0.25, 0.3) is 0 Å². The van der Waals surface area contributed by atoms with E-state index in [1.165, 1.54) is 5.56 Å². The molecule has 0 aliphatic carbocycles. The fourth-order valence-electron chi connectivity index (χ4n) is 2.89. The Bertz CT molecular complexity index is 473. The highest BCUT2D eigenvalue weighted by molar-refractivity contribution is 5.43. The van der Waals surface area contributed by atoms with E-state index in [2.05, 4.69) is 32.2 Å². The van der Waals surface area contributed by atoms with E-state index in [1.807, 2.05) is 12.1 Å².